The minimum Gasteiger partial charge on any atom is -0.480 e. The molecule has 0 radical (unpaired) electrons. The van der Waals surface area contributed by atoms with Gasteiger partial charge < -0.3 is 44.5 Å². The highest BCUT2D eigenvalue weighted by Gasteiger charge is 2.37. The normalized spacial score (nSPS) is 15.9. The van der Waals surface area contributed by atoms with Gasteiger partial charge in [-0.1, -0.05) is 0 Å². The molecule has 0 aliphatic heterocycles. The van der Waals surface area contributed by atoms with E-state index in [2.05, 4.69) is 0 Å². The van der Waals surface area contributed by atoms with Crippen LogP contribution in [0.4, 0.5) is 0 Å². The van der Waals surface area contributed by atoms with Crippen LogP contribution in [0.5, 0.6) is 0 Å². The number of hydrogen-bond acceptors (Lipinski definition) is 9. The maximum Gasteiger partial charge on any atom is 0.329 e. The van der Waals surface area contributed by atoms with Gasteiger partial charge in [-0.2, -0.15) is 0 Å². The molecule has 0 unspecified atom stereocenters. The molecule has 4 atom stereocenters. The number of aliphatic carboxylic acids is 3. The average molecular weight is 354 g/mol. The molecule has 0 bridgehead atoms. The average Bonchev–Trinajstić information content (AvgIpc) is 2.50. The summed E-state index contributed by atoms with van der Waals surface area (Å²) in [6.45, 7) is -3.81. The first-order chi connectivity index (χ1) is 11.2. The van der Waals surface area contributed by atoms with E-state index in [9.17, 15) is 24.3 Å². The number of carboxylic acid groups (broad SMARTS) is 3. The number of carbonyl (C=O) groups excluding carboxylic acids is 1. The van der Waals surface area contributed by atoms with Gasteiger partial charge in [-0.25, -0.2) is 14.4 Å². The Morgan fingerprint density at radius 3 is 1.62 bits per heavy atom. The lowest BCUT2D eigenvalue weighted by Crippen LogP contribution is -2.51. The van der Waals surface area contributed by atoms with Crippen LogP contribution in [-0.2, 0) is 33.4 Å². The summed E-state index contributed by atoms with van der Waals surface area (Å²) in [5.41, 5.74) is 0. The zero-order valence-electron chi connectivity index (χ0n) is 12.3. The summed E-state index contributed by atoms with van der Waals surface area (Å²) in [5, 5.41) is 44.5. The highest BCUT2D eigenvalue weighted by Crippen LogP contribution is 2.15. The number of aldehydes is 1. The molecule has 5 N–H and O–H groups in total. The minimum absolute atomic E-state index is 0.0800. The molecule has 0 spiro atoms. The highest BCUT2D eigenvalue weighted by molar-refractivity contribution is 5.69. The van der Waals surface area contributed by atoms with Crippen molar-refractivity contribution in [3.63, 3.8) is 0 Å². The van der Waals surface area contributed by atoms with E-state index in [1.807, 2.05) is 0 Å². The van der Waals surface area contributed by atoms with Crippen molar-refractivity contribution in [3.8, 4) is 0 Å². The largest absolute Gasteiger partial charge is 0.480 e. The number of hydrogen-bond donors (Lipinski definition) is 5. The Balaban J connectivity index is 5.36. The second-order valence-electron chi connectivity index (χ2n) is 4.39. The molecular weight excluding hydrogens is 336 g/mol. The second kappa shape index (κ2) is 11.4. The van der Waals surface area contributed by atoms with Gasteiger partial charge in [0.1, 0.15) is 44.2 Å². The summed E-state index contributed by atoms with van der Waals surface area (Å²) in [7, 11) is 0. The van der Waals surface area contributed by atoms with Crippen molar-refractivity contribution in [2.45, 2.75) is 24.4 Å². The quantitative estimate of drug-likeness (QED) is 0.198. The predicted octanol–water partition coefficient (Wildman–Crippen LogP) is -3.05. The van der Waals surface area contributed by atoms with Gasteiger partial charge >= 0.3 is 17.9 Å². The molecule has 12 nitrogen and oxygen atoms in total. The first kappa shape index (κ1) is 21.9. The number of aliphatic hydroxyl groups is 2. The molecule has 0 saturated carbocycles. The van der Waals surface area contributed by atoms with Gasteiger partial charge in [0.05, 0.1) is 6.61 Å². The van der Waals surface area contributed by atoms with Gasteiger partial charge in [0.25, 0.3) is 0 Å². The SMILES string of the molecule is O=C[C@H](OCC(=O)O)[C@@H](OCC(=O)O)[C@H](OCC(=O)O)[C@H](O)CO. The number of rotatable bonds is 14. The summed E-state index contributed by atoms with van der Waals surface area (Å²) in [6, 6.07) is 0. The zero-order chi connectivity index (χ0) is 18.7. The van der Waals surface area contributed by atoms with Gasteiger partial charge in [-0.3, -0.25) is 0 Å². The van der Waals surface area contributed by atoms with Crippen molar-refractivity contribution in [2.24, 2.45) is 0 Å². The van der Waals surface area contributed by atoms with E-state index in [4.69, 9.17) is 34.6 Å². The molecule has 0 saturated heterocycles. The van der Waals surface area contributed by atoms with Crippen LogP contribution in [-0.4, -0.2) is 101 Å². The van der Waals surface area contributed by atoms with E-state index in [-0.39, 0.29) is 6.29 Å². The third-order valence-corrected chi connectivity index (χ3v) is 2.55. The van der Waals surface area contributed by atoms with Crippen LogP contribution in [0.1, 0.15) is 0 Å². The Bertz CT molecular complexity index is 436. The first-order valence-electron chi connectivity index (χ1n) is 6.47. The number of carboxylic acids is 3. The monoisotopic (exact) mass is 354 g/mol. The van der Waals surface area contributed by atoms with Gasteiger partial charge in [0, 0.05) is 0 Å². The summed E-state index contributed by atoms with van der Waals surface area (Å²) in [6.07, 6.45) is -6.72. The number of ether oxygens (including phenoxy) is 3. The summed E-state index contributed by atoms with van der Waals surface area (Å²) < 4.78 is 14.4. The second-order valence-corrected chi connectivity index (χ2v) is 4.39. The molecule has 0 aromatic carbocycles. The third kappa shape index (κ3) is 8.50. The highest BCUT2D eigenvalue weighted by atomic mass is 16.6. The molecule has 0 fully saturated rings. The van der Waals surface area contributed by atoms with Gasteiger partial charge in [0.2, 0.25) is 0 Å². The maximum atomic E-state index is 11.1. The molecule has 138 valence electrons. The van der Waals surface area contributed by atoms with Crippen molar-refractivity contribution < 1.29 is 58.9 Å². The van der Waals surface area contributed by atoms with Gasteiger partial charge in [-0.05, 0) is 0 Å². The molecule has 0 aromatic rings. The standard InChI is InChI=1S/C12H18O12/c13-1-6(15)11(23-4-9(18)19)12(24-5-10(20)21)7(2-14)22-3-8(16)17/h2,6-7,11-13,15H,1,3-5H2,(H,16,17)(H,18,19)(H,20,21)/t6-,7+,11-,12-/m1/s1. The molecule has 12 heteroatoms. The van der Waals surface area contributed by atoms with E-state index >= 15 is 0 Å². The molecule has 0 aliphatic carbocycles. The predicted molar refractivity (Wildman–Crippen MR) is 71.3 cm³/mol. The van der Waals surface area contributed by atoms with E-state index in [0.717, 1.165) is 0 Å². The number of carbonyl (C=O) groups is 4. The van der Waals surface area contributed by atoms with Crippen molar-refractivity contribution in [1.82, 2.24) is 0 Å². The minimum atomic E-state index is -1.75. The van der Waals surface area contributed by atoms with Crippen LogP contribution >= 0.6 is 0 Å². The molecule has 0 heterocycles. The van der Waals surface area contributed by atoms with E-state index in [0.29, 0.717) is 0 Å². The fourth-order valence-corrected chi connectivity index (χ4v) is 1.62. The molecule has 0 aromatic heterocycles. The van der Waals surface area contributed by atoms with Crippen LogP contribution in [0, 0.1) is 0 Å². The third-order valence-electron chi connectivity index (χ3n) is 2.55. The summed E-state index contributed by atoms with van der Waals surface area (Å²) >= 11 is 0. The zero-order valence-corrected chi connectivity index (χ0v) is 12.3. The van der Waals surface area contributed by atoms with Crippen LogP contribution in [0.15, 0.2) is 0 Å². The molecule has 0 rings (SSSR count). The Morgan fingerprint density at radius 1 is 0.833 bits per heavy atom. The van der Waals surface area contributed by atoms with Crippen LogP contribution in [0.2, 0.25) is 0 Å². The summed E-state index contributed by atoms with van der Waals surface area (Å²) in [5.74, 6) is -4.35. The first-order valence-corrected chi connectivity index (χ1v) is 6.47. The molecule has 0 aliphatic rings. The summed E-state index contributed by atoms with van der Waals surface area (Å²) in [4.78, 5) is 42.8. The molecule has 0 amide bonds. The Hall–Kier alpha value is -2.12. The lowest BCUT2D eigenvalue weighted by molar-refractivity contribution is -0.188. The van der Waals surface area contributed by atoms with Crippen molar-refractivity contribution in [3.05, 3.63) is 0 Å². The van der Waals surface area contributed by atoms with Gasteiger partial charge in [0.15, 0.2) is 6.29 Å². The van der Waals surface area contributed by atoms with E-state index < -0.39 is 68.8 Å². The Kier molecular flexibility index (Phi) is 10.4. The topological polar surface area (TPSA) is 197 Å². The van der Waals surface area contributed by atoms with Crippen LogP contribution in [0.3, 0.4) is 0 Å². The lowest BCUT2D eigenvalue weighted by Gasteiger charge is -2.32. The molecular formula is C12H18O12. The lowest BCUT2D eigenvalue weighted by atomic mass is 10.0. The van der Waals surface area contributed by atoms with Gasteiger partial charge in [-0.15, -0.1) is 0 Å². The smallest absolute Gasteiger partial charge is 0.329 e. The molecule has 24 heavy (non-hydrogen) atoms. The fourth-order valence-electron chi connectivity index (χ4n) is 1.62. The van der Waals surface area contributed by atoms with Crippen molar-refractivity contribution >= 4 is 24.2 Å². The van der Waals surface area contributed by atoms with Crippen molar-refractivity contribution in [2.75, 3.05) is 26.4 Å². The van der Waals surface area contributed by atoms with Crippen LogP contribution in [0.25, 0.3) is 0 Å². The fraction of sp³-hybridized carbons (Fsp3) is 0.667. The van der Waals surface area contributed by atoms with Crippen LogP contribution < -0.4 is 0 Å². The Morgan fingerprint density at radius 2 is 1.25 bits per heavy atom. The number of aliphatic hydroxyl groups excluding tert-OH is 2. The maximum absolute atomic E-state index is 11.1. The van der Waals surface area contributed by atoms with E-state index in [1.165, 1.54) is 0 Å². The Labute approximate surface area is 135 Å². The van der Waals surface area contributed by atoms with E-state index in [1.54, 1.807) is 0 Å². The van der Waals surface area contributed by atoms with Crippen molar-refractivity contribution in [1.29, 1.82) is 0 Å².